The predicted octanol–water partition coefficient (Wildman–Crippen LogP) is -3.11. The number of aliphatic hydroxyl groups is 2. The summed E-state index contributed by atoms with van der Waals surface area (Å²) in [6, 6.07) is 9.66. The van der Waals surface area contributed by atoms with Crippen molar-refractivity contribution >= 4 is 0 Å². The van der Waals surface area contributed by atoms with Gasteiger partial charge in [-0.25, -0.2) is 0 Å². The SMILES string of the molecule is NC(CO)(CO)COCc1ccccc1.[Cl-]. The highest BCUT2D eigenvalue weighted by atomic mass is 35.5. The molecule has 0 fully saturated rings. The Labute approximate surface area is 101 Å². The lowest BCUT2D eigenvalue weighted by Gasteiger charge is -2.24. The summed E-state index contributed by atoms with van der Waals surface area (Å²) >= 11 is 0. The fraction of sp³-hybridized carbons (Fsp3) is 0.455. The molecule has 0 heterocycles. The van der Waals surface area contributed by atoms with E-state index in [0.29, 0.717) is 6.61 Å². The molecule has 0 bridgehead atoms. The fourth-order valence-electron chi connectivity index (χ4n) is 1.09. The average Bonchev–Trinajstić information content (AvgIpc) is 2.30. The van der Waals surface area contributed by atoms with E-state index in [1.807, 2.05) is 30.3 Å². The van der Waals surface area contributed by atoms with Crippen molar-refractivity contribution in [1.29, 1.82) is 0 Å². The minimum absolute atomic E-state index is 0. The van der Waals surface area contributed by atoms with Crippen molar-refractivity contribution in [3.8, 4) is 0 Å². The van der Waals surface area contributed by atoms with E-state index in [0.717, 1.165) is 5.56 Å². The summed E-state index contributed by atoms with van der Waals surface area (Å²) in [7, 11) is 0. The average molecular weight is 247 g/mol. The van der Waals surface area contributed by atoms with Crippen LogP contribution in [0, 0.1) is 0 Å². The number of hydrogen-bond acceptors (Lipinski definition) is 4. The van der Waals surface area contributed by atoms with Crippen molar-refractivity contribution in [1.82, 2.24) is 0 Å². The Kier molecular flexibility index (Phi) is 7.29. The molecule has 1 aromatic rings. The summed E-state index contributed by atoms with van der Waals surface area (Å²) in [5.41, 5.74) is 5.63. The lowest BCUT2D eigenvalue weighted by atomic mass is 10.1. The van der Waals surface area contributed by atoms with Crippen LogP contribution < -0.4 is 18.1 Å². The number of ether oxygens (including phenoxy) is 1. The van der Waals surface area contributed by atoms with Crippen LogP contribution in [0.3, 0.4) is 0 Å². The maximum Gasteiger partial charge on any atom is 0.0859 e. The van der Waals surface area contributed by atoms with Crippen LogP contribution >= 0.6 is 0 Å². The molecular formula is C11H17ClNO3-. The Hall–Kier alpha value is -0.650. The molecule has 5 heteroatoms. The molecule has 0 atom stereocenters. The number of hydrogen-bond donors (Lipinski definition) is 3. The molecule has 0 unspecified atom stereocenters. The molecule has 0 spiro atoms. The van der Waals surface area contributed by atoms with Crippen LogP contribution in [-0.2, 0) is 11.3 Å². The van der Waals surface area contributed by atoms with Gasteiger partial charge in [-0.05, 0) is 5.56 Å². The zero-order valence-corrected chi connectivity index (χ0v) is 9.73. The quantitative estimate of drug-likeness (QED) is 0.497. The van der Waals surface area contributed by atoms with Crippen molar-refractivity contribution < 1.29 is 27.4 Å². The van der Waals surface area contributed by atoms with Gasteiger partial charge in [-0.3, -0.25) is 0 Å². The van der Waals surface area contributed by atoms with E-state index in [1.54, 1.807) is 0 Å². The van der Waals surface area contributed by atoms with E-state index >= 15 is 0 Å². The molecule has 1 aromatic carbocycles. The fourth-order valence-corrected chi connectivity index (χ4v) is 1.09. The van der Waals surface area contributed by atoms with Gasteiger partial charge in [-0.15, -0.1) is 0 Å². The second-order valence-corrected chi connectivity index (χ2v) is 3.66. The van der Waals surface area contributed by atoms with E-state index in [-0.39, 0.29) is 32.2 Å². The van der Waals surface area contributed by atoms with Crippen LogP contribution in [0.1, 0.15) is 5.56 Å². The smallest absolute Gasteiger partial charge is 0.0859 e. The standard InChI is InChI=1S/C11H17NO3.ClH/c12-11(7-13,8-14)9-15-6-10-4-2-1-3-5-10;/h1-5,13-14H,6-9,12H2;1H/p-1. The van der Waals surface area contributed by atoms with Gasteiger partial charge in [-0.1, -0.05) is 30.3 Å². The van der Waals surface area contributed by atoms with Crippen LogP contribution in [0.4, 0.5) is 0 Å². The predicted molar refractivity (Wildman–Crippen MR) is 57.2 cm³/mol. The summed E-state index contributed by atoms with van der Waals surface area (Å²) in [6.07, 6.45) is 0. The van der Waals surface area contributed by atoms with Crippen molar-refractivity contribution in [3.05, 3.63) is 35.9 Å². The highest BCUT2D eigenvalue weighted by molar-refractivity contribution is 5.13. The second kappa shape index (κ2) is 7.60. The topological polar surface area (TPSA) is 75.7 Å². The highest BCUT2D eigenvalue weighted by Gasteiger charge is 2.23. The van der Waals surface area contributed by atoms with Crippen molar-refractivity contribution in [3.63, 3.8) is 0 Å². The van der Waals surface area contributed by atoms with Crippen molar-refractivity contribution in [2.24, 2.45) is 5.73 Å². The van der Waals surface area contributed by atoms with E-state index in [4.69, 9.17) is 20.7 Å². The molecule has 92 valence electrons. The Morgan fingerprint density at radius 2 is 1.69 bits per heavy atom. The minimum atomic E-state index is -1.05. The third kappa shape index (κ3) is 4.92. The summed E-state index contributed by atoms with van der Waals surface area (Å²) in [6.45, 7) is -0.0226. The molecule has 0 saturated heterocycles. The summed E-state index contributed by atoms with van der Waals surface area (Å²) < 4.78 is 5.32. The number of rotatable bonds is 6. The lowest BCUT2D eigenvalue weighted by molar-refractivity contribution is -0.0000107. The maximum absolute atomic E-state index is 8.92. The monoisotopic (exact) mass is 246 g/mol. The van der Waals surface area contributed by atoms with Gasteiger partial charge >= 0.3 is 0 Å². The van der Waals surface area contributed by atoms with E-state index in [2.05, 4.69) is 0 Å². The van der Waals surface area contributed by atoms with Crippen molar-refractivity contribution in [2.45, 2.75) is 12.1 Å². The van der Waals surface area contributed by atoms with Gasteiger partial charge in [0, 0.05) is 0 Å². The van der Waals surface area contributed by atoms with Gasteiger partial charge in [0.15, 0.2) is 0 Å². The lowest BCUT2D eigenvalue weighted by Crippen LogP contribution is -3.00. The normalized spacial score (nSPS) is 10.9. The molecule has 0 aromatic heterocycles. The third-order valence-electron chi connectivity index (χ3n) is 2.13. The molecular weight excluding hydrogens is 230 g/mol. The van der Waals surface area contributed by atoms with Gasteiger partial charge in [0.2, 0.25) is 0 Å². The Bertz CT molecular complexity index is 278. The molecule has 0 amide bonds. The first-order valence-corrected chi connectivity index (χ1v) is 4.82. The summed E-state index contributed by atoms with van der Waals surface area (Å²) in [4.78, 5) is 0. The van der Waals surface area contributed by atoms with Gasteiger partial charge in [0.25, 0.3) is 0 Å². The molecule has 4 N–H and O–H groups in total. The largest absolute Gasteiger partial charge is 1.00 e. The highest BCUT2D eigenvalue weighted by Crippen LogP contribution is 2.04. The molecule has 0 aliphatic rings. The van der Waals surface area contributed by atoms with Crippen LogP contribution in [0.25, 0.3) is 0 Å². The van der Waals surface area contributed by atoms with Gasteiger partial charge in [0.05, 0.1) is 32.0 Å². The van der Waals surface area contributed by atoms with Crippen LogP contribution in [0.2, 0.25) is 0 Å². The Balaban J connectivity index is 0.00000225. The molecule has 0 saturated carbocycles. The second-order valence-electron chi connectivity index (χ2n) is 3.66. The van der Waals surface area contributed by atoms with Crippen LogP contribution in [0.5, 0.6) is 0 Å². The third-order valence-corrected chi connectivity index (χ3v) is 2.13. The zero-order chi connectivity index (χ0) is 11.1. The van der Waals surface area contributed by atoms with E-state index in [1.165, 1.54) is 0 Å². The molecule has 0 aliphatic heterocycles. The maximum atomic E-state index is 8.92. The van der Waals surface area contributed by atoms with Gasteiger partial charge < -0.3 is 33.1 Å². The molecule has 16 heavy (non-hydrogen) atoms. The first-order chi connectivity index (χ1) is 7.20. The summed E-state index contributed by atoms with van der Waals surface area (Å²) in [5.74, 6) is 0. The van der Waals surface area contributed by atoms with Crippen molar-refractivity contribution in [2.75, 3.05) is 19.8 Å². The molecule has 1 rings (SSSR count). The zero-order valence-electron chi connectivity index (χ0n) is 8.97. The Morgan fingerprint density at radius 3 is 2.19 bits per heavy atom. The number of nitrogens with two attached hydrogens (primary N) is 1. The Morgan fingerprint density at radius 1 is 1.12 bits per heavy atom. The first-order valence-electron chi connectivity index (χ1n) is 4.82. The van der Waals surface area contributed by atoms with Crippen LogP contribution in [0.15, 0.2) is 30.3 Å². The first kappa shape index (κ1) is 15.3. The minimum Gasteiger partial charge on any atom is -1.00 e. The molecule has 0 aliphatic carbocycles. The van der Waals surface area contributed by atoms with Crippen LogP contribution in [-0.4, -0.2) is 35.6 Å². The molecule has 0 radical (unpaired) electrons. The van der Waals surface area contributed by atoms with E-state index in [9.17, 15) is 0 Å². The number of benzene rings is 1. The van der Waals surface area contributed by atoms with Gasteiger partial charge in [0.1, 0.15) is 0 Å². The summed E-state index contributed by atoms with van der Waals surface area (Å²) in [5, 5.41) is 17.8. The number of aliphatic hydroxyl groups excluding tert-OH is 2. The van der Waals surface area contributed by atoms with E-state index < -0.39 is 5.54 Å². The number of halogens is 1. The van der Waals surface area contributed by atoms with Gasteiger partial charge in [-0.2, -0.15) is 0 Å². The molecule has 4 nitrogen and oxygen atoms in total.